The van der Waals surface area contributed by atoms with E-state index in [-0.39, 0.29) is 0 Å². The second-order valence-corrected chi connectivity index (χ2v) is 3.04. The van der Waals surface area contributed by atoms with Crippen molar-refractivity contribution in [3.05, 3.63) is 36.5 Å². The van der Waals surface area contributed by atoms with Crippen molar-refractivity contribution in [2.75, 3.05) is 12.8 Å². The van der Waals surface area contributed by atoms with Crippen LogP contribution in [0, 0.1) is 0 Å². The fourth-order valence-corrected chi connectivity index (χ4v) is 1.41. The van der Waals surface area contributed by atoms with Crippen LogP contribution in [0.2, 0.25) is 0 Å². The van der Waals surface area contributed by atoms with Crippen LogP contribution in [0.15, 0.2) is 36.5 Å². The molecule has 0 amide bonds. The van der Waals surface area contributed by atoms with Gasteiger partial charge in [-0.25, -0.2) is 0 Å². The molecule has 0 radical (unpaired) electrons. The van der Waals surface area contributed by atoms with Crippen LogP contribution in [-0.2, 0) is 0 Å². The van der Waals surface area contributed by atoms with Crippen molar-refractivity contribution >= 4 is 5.69 Å². The number of methoxy groups -OCH3 is 1. The highest BCUT2D eigenvalue weighted by Gasteiger charge is 2.03. The minimum atomic E-state index is 0.715. The highest BCUT2D eigenvalue weighted by molar-refractivity contribution is 5.75. The second kappa shape index (κ2) is 3.46. The van der Waals surface area contributed by atoms with Crippen molar-refractivity contribution in [3.63, 3.8) is 0 Å². The normalized spacial score (nSPS) is 10.1. The molecule has 2 rings (SSSR count). The number of H-pyrrole nitrogens is 1. The Morgan fingerprint density at radius 3 is 2.71 bits per heavy atom. The van der Waals surface area contributed by atoms with Crippen LogP contribution in [0.1, 0.15) is 0 Å². The predicted octanol–water partition coefficient (Wildman–Crippen LogP) is 2.27. The molecule has 1 heterocycles. The first kappa shape index (κ1) is 8.69. The summed E-state index contributed by atoms with van der Waals surface area (Å²) in [5, 5.41) is 0. The largest absolute Gasteiger partial charge is 0.497 e. The molecule has 3 heteroatoms. The summed E-state index contributed by atoms with van der Waals surface area (Å²) in [6, 6.07) is 9.58. The third-order valence-electron chi connectivity index (χ3n) is 2.15. The first-order valence-electron chi connectivity index (χ1n) is 4.38. The third-order valence-corrected chi connectivity index (χ3v) is 2.15. The molecule has 0 unspecified atom stereocenters. The number of aromatic nitrogens is 1. The summed E-state index contributed by atoms with van der Waals surface area (Å²) < 4.78 is 5.08. The van der Waals surface area contributed by atoms with E-state index >= 15 is 0 Å². The van der Waals surface area contributed by atoms with Gasteiger partial charge in [0.05, 0.1) is 7.11 Å². The number of nitrogens with one attached hydrogen (secondary N) is 1. The lowest BCUT2D eigenvalue weighted by molar-refractivity contribution is 0.415. The molecule has 0 aliphatic carbocycles. The second-order valence-electron chi connectivity index (χ2n) is 3.04. The van der Waals surface area contributed by atoms with E-state index in [2.05, 4.69) is 4.98 Å². The summed E-state index contributed by atoms with van der Waals surface area (Å²) in [4.78, 5) is 3.11. The highest BCUT2D eigenvalue weighted by atomic mass is 16.5. The highest BCUT2D eigenvalue weighted by Crippen LogP contribution is 2.27. The fourth-order valence-electron chi connectivity index (χ4n) is 1.41. The summed E-state index contributed by atoms with van der Waals surface area (Å²) in [5.74, 6) is 0.776. The van der Waals surface area contributed by atoms with Gasteiger partial charge in [0.1, 0.15) is 5.75 Å². The molecule has 0 fully saturated rings. The number of benzene rings is 1. The Balaban J connectivity index is 2.46. The molecule has 14 heavy (non-hydrogen) atoms. The van der Waals surface area contributed by atoms with Gasteiger partial charge in [0.2, 0.25) is 0 Å². The van der Waals surface area contributed by atoms with Crippen LogP contribution in [0.25, 0.3) is 11.3 Å². The van der Waals surface area contributed by atoms with Gasteiger partial charge < -0.3 is 15.5 Å². The van der Waals surface area contributed by atoms with Gasteiger partial charge >= 0.3 is 0 Å². The molecule has 1 aromatic heterocycles. The SMILES string of the molecule is COc1ccc(-c2ccc[nH]2)c(N)c1. The van der Waals surface area contributed by atoms with Crippen molar-refractivity contribution < 1.29 is 4.74 Å². The lowest BCUT2D eigenvalue weighted by Crippen LogP contribution is -1.91. The Morgan fingerprint density at radius 1 is 1.29 bits per heavy atom. The van der Waals surface area contributed by atoms with Gasteiger partial charge in [-0.3, -0.25) is 0 Å². The molecule has 0 bridgehead atoms. The Labute approximate surface area is 82.5 Å². The third kappa shape index (κ3) is 1.44. The maximum Gasteiger partial charge on any atom is 0.120 e. The number of aromatic amines is 1. The van der Waals surface area contributed by atoms with E-state index in [0.717, 1.165) is 17.0 Å². The van der Waals surface area contributed by atoms with Crippen LogP contribution in [0.5, 0.6) is 5.75 Å². The fraction of sp³-hybridized carbons (Fsp3) is 0.0909. The van der Waals surface area contributed by atoms with Crippen LogP contribution in [-0.4, -0.2) is 12.1 Å². The molecule has 0 aliphatic heterocycles. The van der Waals surface area contributed by atoms with Crippen LogP contribution >= 0.6 is 0 Å². The molecular formula is C11H12N2O. The van der Waals surface area contributed by atoms with Crippen molar-refractivity contribution in [1.82, 2.24) is 4.98 Å². The van der Waals surface area contributed by atoms with Crippen molar-refractivity contribution in [2.24, 2.45) is 0 Å². The molecule has 0 saturated heterocycles. The maximum atomic E-state index is 5.89. The number of hydrogen-bond donors (Lipinski definition) is 2. The summed E-state index contributed by atoms with van der Waals surface area (Å²) >= 11 is 0. The zero-order chi connectivity index (χ0) is 9.97. The zero-order valence-corrected chi connectivity index (χ0v) is 7.95. The molecule has 0 spiro atoms. The van der Waals surface area contributed by atoms with Gasteiger partial charge in [0, 0.05) is 29.2 Å². The van der Waals surface area contributed by atoms with Crippen molar-refractivity contribution in [1.29, 1.82) is 0 Å². The van der Waals surface area contributed by atoms with E-state index in [9.17, 15) is 0 Å². The number of nitrogen functional groups attached to an aromatic ring is 1. The lowest BCUT2D eigenvalue weighted by atomic mass is 10.1. The average molecular weight is 188 g/mol. The monoisotopic (exact) mass is 188 g/mol. The molecule has 3 N–H and O–H groups in total. The van der Waals surface area contributed by atoms with Gasteiger partial charge in [-0.15, -0.1) is 0 Å². The van der Waals surface area contributed by atoms with Crippen LogP contribution in [0.3, 0.4) is 0 Å². The minimum Gasteiger partial charge on any atom is -0.497 e. The first-order valence-corrected chi connectivity index (χ1v) is 4.38. The standard InChI is InChI=1S/C11H12N2O/c1-14-8-4-5-9(10(12)7-8)11-3-2-6-13-11/h2-7,13H,12H2,1H3. The summed E-state index contributed by atoms with van der Waals surface area (Å²) in [6.07, 6.45) is 1.87. The van der Waals surface area contributed by atoms with Gasteiger partial charge in [-0.2, -0.15) is 0 Å². The van der Waals surface area contributed by atoms with E-state index in [1.165, 1.54) is 0 Å². The molecule has 1 aromatic carbocycles. The zero-order valence-electron chi connectivity index (χ0n) is 7.95. The topological polar surface area (TPSA) is 51.0 Å². The minimum absolute atomic E-state index is 0.715. The molecule has 72 valence electrons. The Bertz CT molecular complexity index is 421. The Kier molecular flexibility index (Phi) is 2.14. The number of ether oxygens (including phenoxy) is 1. The summed E-state index contributed by atoms with van der Waals surface area (Å²) in [6.45, 7) is 0. The molecule has 2 aromatic rings. The molecule has 0 aliphatic rings. The smallest absolute Gasteiger partial charge is 0.120 e. The van der Waals surface area contributed by atoms with E-state index in [1.807, 2.05) is 36.5 Å². The Hall–Kier alpha value is -1.90. The quantitative estimate of drug-likeness (QED) is 0.710. The predicted molar refractivity (Wildman–Crippen MR) is 57.2 cm³/mol. The molecule has 0 saturated carbocycles. The van der Waals surface area contributed by atoms with E-state index in [0.29, 0.717) is 5.69 Å². The average Bonchev–Trinajstić information content (AvgIpc) is 2.70. The molecular weight excluding hydrogens is 176 g/mol. The maximum absolute atomic E-state index is 5.89. The van der Waals surface area contributed by atoms with Crippen LogP contribution in [0.4, 0.5) is 5.69 Å². The van der Waals surface area contributed by atoms with E-state index in [1.54, 1.807) is 7.11 Å². The summed E-state index contributed by atoms with van der Waals surface area (Å²) in [5.41, 5.74) is 8.62. The first-order chi connectivity index (χ1) is 6.81. The van der Waals surface area contributed by atoms with Gasteiger partial charge in [0.25, 0.3) is 0 Å². The van der Waals surface area contributed by atoms with Crippen molar-refractivity contribution in [2.45, 2.75) is 0 Å². The van der Waals surface area contributed by atoms with Crippen molar-refractivity contribution in [3.8, 4) is 17.0 Å². The molecule has 0 atom stereocenters. The van der Waals surface area contributed by atoms with Gasteiger partial charge in [-0.1, -0.05) is 0 Å². The Morgan fingerprint density at radius 2 is 2.14 bits per heavy atom. The number of nitrogens with two attached hydrogens (primary N) is 1. The van der Waals surface area contributed by atoms with Gasteiger partial charge in [-0.05, 0) is 24.3 Å². The molecule has 3 nitrogen and oxygen atoms in total. The van der Waals surface area contributed by atoms with E-state index in [4.69, 9.17) is 10.5 Å². The van der Waals surface area contributed by atoms with Crippen LogP contribution < -0.4 is 10.5 Å². The van der Waals surface area contributed by atoms with E-state index < -0.39 is 0 Å². The lowest BCUT2D eigenvalue weighted by Gasteiger charge is -2.05. The number of rotatable bonds is 2. The number of hydrogen-bond acceptors (Lipinski definition) is 2. The van der Waals surface area contributed by atoms with Gasteiger partial charge in [0.15, 0.2) is 0 Å². The number of anilines is 1. The summed E-state index contributed by atoms with van der Waals surface area (Å²) in [7, 11) is 1.63.